The molecule has 24 heavy (non-hydrogen) atoms. The molecule has 0 radical (unpaired) electrons. The van der Waals surface area contributed by atoms with Crippen molar-refractivity contribution in [1.29, 1.82) is 0 Å². The summed E-state index contributed by atoms with van der Waals surface area (Å²) in [6.07, 6.45) is 3.00. The van der Waals surface area contributed by atoms with E-state index in [0.29, 0.717) is 0 Å². The van der Waals surface area contributed by atoms with Crippen molar-refractivity contribution >= 4 is 17.7 Å². The van der Waals surface area contributed by atoms with Crippen LogP contribution in [0.5, 0.6) is 0 Å². The first-order chi connectivity index (χ1) is 11.7. The molecule has 0 aliphatic carbocycles. The lowest BCUT2D eigenvalue weighted by Gasteiger charge is -2.19. The lowest BCUT2D eigenvalue weighted by atomic mass is 10.1. The predicted molar refractivity (Wildman–Crippen MR) is 96.1 cm³/mol. The Bertz CT molecular complexity index is 680. The third-order valence-corrected chi connectivity index (χ3v) is 5.43. The summed E-state index contributed by atoms with van der Waals surface area (Å²) in [5.74, 6) is 1.17. The topological polar surface area (TPSA) is 51.0 Å². The van der Waals surface area contributed by atoms with Crippen molar-refractivity contribution in [3.8, 4) is 0 Å². The average Bonchev–Trinajstić information content (AvgIpc) is 3.25. The molecule has 0 N–H and O–H groups in total. The molecule has 1 aromatic heterocycles. The van der Waals surface area contributed by atoms with Gasteiger partial charge in [-0.2, -0.15) is 0 Å². The molecule has 0 bridgehead atoms. The fourth-order valence-corrected chi connectivity index (χ4v) is 4.05. The van der Waals surface area contributed by atoms with Crippen molar-refractivity contribution in [3.05, 3.63) is 41.7 Å². The van der Waals surface area contributed by atoms with Gasteiger partial charge in [0, 0.05) is 26.1 Å². The van der Waals surface area contributed by atoms with Gasteiger partial charge in [0.25, 0.3) is 0 Å². The van der Waals surface area contributed by atoms with Crippen LogP contribution in [0.1, 0.15) is 38.1 Å². The van der Waals surface area contributed by atoms with Gasteiger partial charge in [-0.3, -0.25) is 4.79 Å². The third kappa shape index (κ3) is 3.80. The minimum Gasteiger partial charge on any atom is -0.342 e. The van der Waals surface area contributed by atoms with Crippen LogP contribution in [-0.2, 0) is 17.8 Å². The molecule has 0 spiro atoms. The lowest BCUT2D eigenvalue weighted by Crippen LogP contribution is -2.34. The summed E-state index contributed by atoms with van der Waals surface area (Å²) in [4.78, 5) is 14.5. The van der Waals surface area contributed by atoms with Crippen LogP contribution in [0.3, 0.4) is 0 Å². The van der Waals surface area contributed by atoms with Gasteiger partial charge >= 0.3 is 0 Å². The van der Waals surface area contributed by atoms with E-state index in [-0.39, 0.29) is 11.2 Å². The lowest BCUT2D eigenvalue weighted by molar-refractivity contribution is -0.129. The van der Waals surface area contributed by atoms with Crippen LogP contribution in [0.2, 0.25) is 0 Å². The Morgan fingerprint density at radius 1 is 1.21 bits per heavy atom. The molecule has 6 heteroatoms. The van der Waals surface area contributed by atoms with Crippen molar-refractivity contribution in [2.24, 2.45) is 0 Å². The maximum absolute atomic E-state index is 12.5. The number of hydrogen-bond acceptors (Lipinski definition) is 4. The van der Waals surface area contributed by atoms with Gasteiger partial charge in [0.15, 0.2) is 5.16 Å². The summed E-state index contributed by atoms with van der Waals surface area (Å²) in [6.45, 7) is 6.65. The van der Waals surface area contributed by atoms with Crippen molar-refractivity contribution in [2.75, 3.05) is 13.1 Å². The highest BCUT2D eigenvalue weighted by molar-refractivity contribution is 8.00. The molecule has 2 aromatic rings. The van der Waals surface area contributed by atoms with Gasteiger partial charge in [0.2, 0.25) is 5.91 Å². The van der Waals surface area contributed by atoms with Crippen molar-refractivity contribution in [3.63, 3.8) is 0 Å². The molecule has 2 heterocycles. The summed E-state index contributed by atoms with van der Waals surface area (Å²) in [5.41, 5.74) is 1.22. The Balaban J connectivity index is 1.70. The molecule has 1 aromatic carbocycles. The van der Waals surface area contributed by atoms with E-state index in [1.165, 1.54) is 17.3 Å². The van der Waals surface area contributed by atoms with Crippen molar-refractivity contribution in [2.45, 2.75) is 50.1 Å². The monoisotopic (exact) mass is 344 g/mol. The summed E-state index contributed by atoms with van der Waals surface area (Å²) in [6, 6.07) is 10.3. The number of carbonyl (C=O) groups excluding carboxylic acids is 1. The predicted octanol–water partition coefficient (Wildman–Crippen LogP) is 2.99. The molecule has 1 unspecified atom stereocenters. The Labute approximate surface area is 147 Å². The molecular formula is C18H24N4OS. The average molecular weight is 344 g/mol. The normalized spacial score (nSPS) is 15.7. The summed E-state index contributed by atoms with van der Waals surface area (Å²) in [7, 11) is 0. The fourth-order valence-electron chi connectivity index (χ4n) is 3.04. The molecule has 1 saturated heterocycles. The first-order valence-corrected chi connectivity index (χ1v) is 9.48. The van der Waals surface area contributed by atoms with Crippen LogP contribution < -0.4 is 0 Å². The number of nitrogens with zero attached hydrogens (tertiary/aromatic N) is 4. The number of carbonyl (C=O) groups is 1. The summed E-state index contributed by atoms with van der Waals surface area (Å²) >= 11 is 1.52. The van der Waals surface area contributed by atoms with Gasteiger partial charge < -0.3 is 9.47 Å². The fraction of sp³-hybridized carbons (Fsp3) is 0.500. The molecule has 1 amide bonds. The maximum atomic E-state index is 12.5. The number of hydrogen-bond donors (Lipinski definition) is 0. The number of rotatable bonds is 6. The molecule has 3 rings (SSSR count). The van der Waals surface area contributed by atoms with E-state index in [2.05, 4.69) is 33.8 Å². The van der Waals surface area contributed by atoms with Crippen molar-refractivity contribution < 1.29 is 4.79 Å². The molecule has 128 valence electrons. The summed E-state index contributed by atoms with van der Waals surface area (Å²) < 4.78 is 2.12. The van der Waals surface area contributed by atoms with E-state index in [1.807, 2.05) is 30.0 Å². The van der Waals surface area contributed by atoms with Gasteiger partial charge in [0.05, 0.1) is 5.25 Å². The number of likely N-dealkylation sites (tertiary alicyclic amines) is 1. The zero-order chi connectivity index (χ0) is 16.9. The zero-order valence-electron chi connectivity index (χ0n) is 14.3. The van der Waals surface area contributed by atoms with Crippen LogP contribution in [0.4, 0.5) is 0 Å². The number of amides is 1. The molecule has 1 aliphatic heterocycles. The van der Waals surface area contributed by atoms with E-state index in [0.717, 1.165) is 49.9 Å². The van der Waals surface area contributed by atoms with Crippen LogP contribution in [-0.4, -0.2) is 43.9 Å². The maximum Gasteiger partial charge on any atom is 0.235 e. The van der Waals surface area contributed by atoms with Gasteiger partial charge in [-0.05, 0) is 32.3 Å². The highest BCUT2D eigenvalue weighted by atomic mass is 32.2. The molecule has 1 fully saturated rings. The summed E-state index contributed by atoms with van der Waals surface area (Å²) in [5, 5.41) is 9.41. The molecule has 1 aliphatic rings. The first-order valence-electron chi connectivity index (χ1n) is 8.60. The highest BCUT2D eigenvalue weighted by Gasteiger charge is 2.26. The van der Waals surface area contributed by atoms with Crippen LogP contribution in [0, 0.1) is 0 Å². The van der Waals surface area contributed by atoms with Crippen LogP contribution in [0.25, 0.3) is 0 Å². The van der Waals surface area contributed by atoms with Crippen molar-refractivity contribution in [1.82, 2.24) is 19.7 Å². The highest BCUT2D eigenvalue weighted by Crippen LogP contribution is 2.25. The second-order valence-corrected chi connectivity index (χ2v) is 7.41. The van der Waals surface area contributed by atoms with E-state index < -0.39 is 0 Å². The largest absolute Gasteiger partial charge is 0.342 e. The number of benzene rings is 1. The van der Waals surface area contributed by atoms with Gasteiger partial charge in [-0.1, -0.05) is 42.1 Å². The van der Waals surface area contributed by atoms with E-state index in [4.69, 9.17) is 0 Å². The number of aromatic nitrogens is 3. The van der Waals surface area contributed by atoms with Gasteiger partial charge in [-0.25, -0.2) is 0 Å². The quantitative estimate of drug-likeness (QED) is 0.756. The van der Waals surface area contributed by atoms with E-state index in [9.17, 15) is 4.79 Å². The molecule has 5 nitrogen and oxygen atoms in total. The van der Waals surface area contributed by atoms with Gasteiger partial charge in [0.1, 0.15) is 5.82 Å². The SMILES string of the molecule is CCn1c(Cc2ccccc2)nnc1SC(C)C(=O)N1CCCC1. The molecular weight excluding hydrogens is 320 g/mol. The Morgan fingerprint density at radius 2 is 1.92 bits per heavy atom. The van der Waals surface area contributed by atoms with Gasteiger partial charge in [-0.15, -0.1) is 10.2 Å². The first kappa shape index (κ1) is 17.0. The standard InChI is InChI=1S/C18H24N4OS/c1-3-22-16(13-15-9-5-4-6-10-15)19-20-18(22)24-14(2)17(23)21-11-7-8-12-21/h4-6,9-10,14H,3,7-8,11-13H2,1-2H3. The zero-order valence-corrected chi connectivity index (χ0v) is 15.1. The Morgan fingerprint density at radius 3 is 2.58 bits per heavy atom. The Kier molecular flexibility index (Phi) is 5.56. The Hall–Kier alpha value is -1.82. The smallest absolute Gasteiger partial charge is 0.235 e. The number of thioether (sulfide) groups is 1. The second-order valence-electron chi connectivity index (χ2n) is 6.10. The van der Waals surface area contributed by atoms with E-state index in [1.54, 1.807) is 0 Å². The minimum absolute atomic E-state index is 0.123. The second kappa shape index (κ2) is 7.83. The van der Waals surface area contributed by atoms with Crippen LogP contribution >= 0.6 is 11.8 Å². The molecule has 0 saturated carbocycles. The minimum atomic E-state index is -0.123. The molecule has 1 atom stereocenters. The third-order valence-electron chi connectivity index (χ3n) is 4.36. The van der Waals surface area contributed by atoms with Crippen LogP contribution in [0.15, 0.2) is 35.5 Å². The van der Waals surface area contributed by atoms with E-state index >= 15 is 0 Å².